The molecule has 0 aliphatic heterocycles. The van der Waals surface area contributed by atoms with Crippen molar-refractivity contribution in [1.82, 2.24) is 10.3 Å². The smallest absolute Gasteiger partial charge is 0.253 e. The first-order valence-corrected chi connectivity index (χ1v) is 3.88. The van der Waals surface area contributed by atoms with Crippen molar-refractivity contribution in [2.75, 3.05) is 6.54 Å². The number of halogens is 1. The molecule has 5 heteroatoms. The van der Waals surface area contributed by atoms with E-state index in [4.69, 9.17) is 16.9 Å². The van der Waals surface area contributed by atoms with E-state index in [1.54, 1.807) is 6.07 Å². The molecule has 0 aliphatic rings. The summed E-state index contributed by atoms with van der Waals surface area (Å²) in [6.07, 6.45) is 2.84. The number of nitrogens with one attached hydrogen (secondary N) is 1. The van der Waals surface area contributed by atoms with Crippen LogP contribution in [0.15, 0.2) is 18.5 Å². The van der Waals surface area contributed by atoms with Crippen LogP contribution in [0.25, 0.3) is 0 Å². The van der Waals surface area contributed by atoms with Crippen LogP contribution in [0.3, 0.4) is 0 Å². The number of rotatable bonds is 2. The molecule has 0 bridgehead atoms. The SMILES string of the molecule is N#CCNC(=O)c1ccncc1Cl. The zero-order valence-electron chi connectivity index (χ0n) is 6.62. The molecule has 0 fully saturated rings. The van der Waals surface area contributed by atoms with Crippen LogP contribution in [0, 0.1) is 11.3 Å². The first-order chi connectivity index (χ1) is 6.25. The molecule has 1 heterocycles. The Morgan fingerprint density at radius 1 is 1.77 bits per heavy atom. The van der Waals surface area contributed by atoms with Gasteiger partial charge in [-0.15, -0.1) is 0 Å². The molecule has 66 valence electrons. The van der Waals surface area contributed by atoms with Gasteiger partial charge in [-0.2, -0.15) is 5.26 Å². The van der Waals surface area contributed by atoms with Crippen molar-refractivity contribution < 1.29 is 4.79 Å². The maximum atomic E-state index is 11.2. The van der Waals surface area contributed by atoms with E-state index in [-0.39, 0.29) is 17.5 Å². The molecule has 1 amide bonds. The highest BCUT2D eigenvalue weighted by Crippen LogP contribution is 2.12. The van der Waals surface area contributed by atoms with E-state index in [0.29, 0.717) is 5.56 Å². The predicted octanol–water partition coefficient (Wildman–Crippen LogP) is 0.988. The molecule has 0 spiro atoms. The average molecular weight is 196 g/mol. The van der Waals surface area contributed by atoms with Crippen LogP contribution in [0.5, 0.6) is 0 Å². The highest BCUT2D eigenvalue weighted by atomic mass is 35.5. The number of nitriles is 1. The van der Waals surface area contributed by atoms with Gasteiger partial charge < -0.3 is 5.32 Å². The number of carbonyl (C=O) groups is 1. The minimum atomic E-state index is -0.367. The van der Waals surface area contributed by atoms with Crippen molar-refractivity contribution in [2.45, 2.75) is 0 Å². The molecule has 1 aromatic rings. The topological polar surface area (TPSA) is 65.8 Å². The quantitative estimate of drug-likeness (QED) is 0.716. The van der Waals surface area contributed by atoms with Crippen LogP contribution in [0.4, 0.5) is 0 Å². The van der Waals surface area contributed by atoms with Crippen LogP contribution in [-0.2, 0) is 0 Å². The summed E-state index contributed by atoms with van der Waals surface area (Å²) in [6, 6.07) is 3.29. The van der Waals surface area contributed by atoms with E-state index in [2.05, 4.69) is 10.3 Å². The van der Waals surface area contributed by atoms with Crippen molar-refractivity contribution in [3.63, 3.8) is 0 Å². The Kier molecular flexibility index (Phi) is 3.23. The summed E-state index contributed by atoms with van der Waals surface area (Å²) < 4.78 is 0. The molecular weight excluding hydrogens is 190 g/mol. The van der Waals surface area contributed by atoms with Crippen LogP contribution >= 0.6 is 11.6 Å². The van der Waals surface area contributed by atoms with Gasteiger partial charge in [0.1, 0.15) is 6.54 Å². The van der Waals surface area contributed by atoms with Crippen LogP contribution < -0.4 is 5.32 Å². The fraction of sp³-hybridized carbons (Fsp3) is 0.125. The molecule has 0 aliphatic carbocycles. The molecule has 0 saturated carbocycles. The lowest BCUT2D eigenvalue weighted by Crippen LogP contribution is -2.23. The van der Waals surface area contributed by atoms with Gasteiger partial charge in [0.2, 0.25) is 0 Å². The summed E-state index contributed by atoms with van der Waals surface area (Å²) >= 11 is 5.69. The zero-order chi connectivity index (χ0) is 9.68. The third-order valence-electron chi connectivity index (χ3n) is 1.35. The molecule has 13 heavy (non-hydrogen) atoms. The highest BCUT2D eigenvalue weighted by Gasteiger charge is 2.08. The first kappa shape index (κ1) is 9.49. The molecule has 4 nitrogen and oxygen atoms in total. The Balaban J connectivity index is 2.78. The third kappa shape index (κ3) is 2.42. The number of pyridine rings is 1. The Morgan fingerprint density at radius 3 is 3.15 bits per heavy atom. The molecule has 0 aromatic carbocycles. The molecular formula is C8H6ClN3O. The second-order valence-corrected chi connectivity index (χ2v) is 2.60. The summed E-state index contributed by atoms with van der Waals surface area (Å²) in [4.78, 5) is 15.0. The fourth-order valence-corrected chi connectivity index (χ4v) is 0.980. The Morgan fingerprint density at radius 2 is 2.54 bits per heavy atom. The Labute approximate surface area is 80.2 Å². The van der Waals surface area contributed by atoms with Gasteiger partial charge in [0, 0.05) is 12.4 Å². The summed E-state index contributed by atoms with van der Waals surface area (Å²) in [5.41, 5.74) is 0.326. The van der Waals surface area contributed by atoms with E-state index in [9.17, 15) is 4.79 Å². The number of aromatic nitrogens is 1. The van der Waals surface area contributed by atoms with Crippen LogP contribution in [-0.4, -0.2) is 17.4 Å². The molecule has 1 rings (SSSR count). The normalized spacial score (nSPS) is 8.92. The Hall–Kier alpha value is -1.60. The number of hydrogen-bond acceptors (Lipinski definition) is 3. The minimum absolute atomic E-state index is 0.0303. The number of nitrogens with zero attached hydrogens (tertiary/aromatic N) is 2. The highest BCUT2D eigenvalue weighted by molar-refractivity contribution is 6.33. The van der Waals surface area contributed by atoms with Crippen molar-refractivity contribution in [3.8, 4) is 6.07 Å². The van der Waals surface area contributed by atoms with Gasteiger partial charge in [-0.1, -0.05) is 11.6 Å². The minimum Gasteiger partial charge on any atom is -0.339 e. The molecule has 1 N–H and O–H groups in total. The van der Waals surface area contributed by atoms with Gasteiger partial charge >= 0.3 is 0 Å². The van der Waals surface area contributed by atoms with E-state index < -0.39 is 0 Å². The van der Waals surface area contributed by atoms with Crippen LogP contribution in [0.1, 0.15) is 10.4 Å². The van der Waals surface area contributed by atoms with Gasteiger partial charge in [0.25, 0.3) is 5.91 Å². The molecule has 0 saturated heterocycles. The maximum absolute atomic E-state index is 11.2. The third-order valence-corrected chi connectivity index (χ3v) is 1.65. The van der Waals surface area contributed by atoms with E-state index in [1.807, 2.05) is 0 Å². The standard InChI is InChI=1S/C8H6ClN3O/c9-7-5-11-3-1-6(7)8(13)12-4-2-10/h1,3,5H,4H2,(H,12,13). The second-order valence-electron chi connectivity index (χ2n) is 2.20. The lowest BCUT2D eigenvalue weighted by molar-refractivity contribution is 0.0958. The summed E-state index contributed by atoms with van der Waals surface area (Å²) in [5, 5.41) is 10.9. The Bertz CT molecular complexity index is 359. The maximum Gasteiger partial charge on any atom is 0.253 e. The summed E-state index contributed by atoms with van der Waals surface area (Å²) in [7, 11) is 0. The lowest BCUT2D eigenvalue weighted by Gasteiger charge is -2.01. The number of hydrogen-bond donors (Lipinski definition) is 1. The van der Waals surface area contributed by atoms with Gasteiger partial charge in [-0.05, 0) is 6.07 Å². The summed E-state index contributed by atoms with van der Waals surface area (Å²) in [6.45, 7) is -0.0303. The molecule has 1 aromatic heterocycles. The largest absolute Gasteiger partial charge is 0.339 e. The zero-order valence-corrected chi connectivity index (χ0v) is 7.38. The molecule has 0 atom stereocenters. The first-order valence-electron chi connectivity index (χ1n) is 3.50. The number of amides is 1. The van der Waals surface area contributed by atoms with Crippen LogP contribution in [0.2, 0.25) is 5.02 Å². The molecule has 0 radical (unpaired) electrons. The fourth-order valence-electron chi connectivity index (χ4n) is 0.774. The monoisotopic (exact) mass is 195 g/mol. The van der Waals surface area contributed by atoms with E-state index in [1.165, 1.54) is 18.5 Å². The van der Waals surface area contributed by atoms with E-state index in [0.717, 1.165) is 0 Å². The van der Waals surface area contributed by atoms with Crippen molar-refractivity contribution in [1.29, 1.82) is 5.26 Å². The number of carbonyl (C=O) groups excluding carboxylic acids is 1. The van der Waals surface area contributed by atoms with Crippen molar-refractivity contribution in [3.05, 3.63) is 29.0 Å². The van der Waals surface area contributed by atoms with E-state index >= 15 is 0 Å². The predicted molar refractivity (Wildman–Crippen MR) is 47.2 cm³/mol. The molecule has 0 unspecified atom stereocenters. The second kappa shape index (κ2) is 4.43. The van der Waals surface area contributed by atoms with Gasteiger partial charge in [0.15, 0.2) is 0 Å². The van der Waals surface area contributed by atoms with Crippen molar-refractivity contribution >= 4 is 17.5 Å². The lowest BCUT2D eigenvalue weighted by atomic mass is 10.2. The average Bonchev–Trinajstić information content (AvgIpc) is 2.15. The van der Waals surface area contributed by atoms with Gasteiger partial charge in [0.05, 0.1) is 16.7 Å². The van der Waals surface area contributed by atoms with Gasteiger partial charge in [-0.25, -0.2) is 0 Å². The van der Waals surface area contributed by atoms with Crippen molar-refractivity contribution in [2.24, 2.45) is 0 Å². The van der Waals surface area contributed by atoms with Gasteiger partial charge in [-0.3, -0.25) is 9.78 Å². The summed E-state index contributed by atoms with van der Waals surface area (Å²) in [5.74, 6) is -0.367.